The number of aryl methyl sites for hydroxylation is 1. The largest absolute Gasteiger partial charge is 0.462 e. The zero-order chi connectivity index (χ0) is 19.0. The van der Waals surface area contributed by atoms with Crippen molar-refractivity contribution in [2.75, 3.05) is 5.32 Å². The van der Waals surface area contributed by atoms with Crippen LogP contribution in [-0.2, 0) is 0 Å². The molecule has 7 heteroatoms. The first-order chi connectivity index (χ1) is 13.0. The first-order valence-corrected chi connectivity index (χ1v) is 9.14. The normalized spacial score (nSPS) is 15.9. The Hall–Kier alpha value is -3.06. The van der Waals surface area contributed by atoms with Gasteiger partial charge in [-0.25, -0.2) is 5.01 Å². The maximum absolute atomic E-state index is 13.1. The van der Waals surface area contributed by atoms with Gasteiger partial charge in [0.25, 0.3) is 11.8 Å². The van der Waals surface area contributed by atoms with Gasteiger partial charge in [-0.1, -0.05) is 34.1 Å². The van der Waals surface area contributed by atoms with Gasteiger partial charge in [0.05, 0.1) is 5.56 Å². The molecule has 2 aromatic carbocycles. The van der Waals surface area contributed by atoms with Gasteiger partial charge >= 0.3 is 0 Å². The fraction of sp³-hybridized carbons (Fsp3) is 0.100. The summed E-state index contributed by atoms with van der Waals surface area (Å²) in [5, 5.41) is 4.53. The second kappa shape index (κ2) is 6.92. The Labute approximate surface area is 164 Å². The highest BCUT2D eigenvalue weighted by atomic mass is 79.9. The smallest absolute Gasteiger partial charge is 0.276 e. The van der Waals surface area contributed by atoms with E-state index in [1.807, 2.05) is 31.2 Å². The van der Waals surface area contributed by atoms with Crippen LogP contribution in [0.15, 0.2) is 69.6 Å². The third-order valence-electron chi connectivity index (χ3n) is 4.27. The summed E-state index contributed by atoms with van der Waals surface area (Å²) in [7, 11) is 0. The number of anilines is 1. The molecular weight excluding hydrogens is 410 g/mol. The number of nitrogens with one attached hydrogen (secondary N) is 2. The molecule has 0 spiro atoms. The van der Waals surface area contributed by atoms with E-state index in [1.54, 1.807) is 36.4 Å². The highest BCUT2D eigenvalue weighted by Crippen LogP contribution is 2.34. The minimum atomic E-state index is -0.660. The van der Waals surface area contributed by atoms with Gasteiger partial charge in [0.15, 0.2) is 6.17 Å². The molecule has 6 nitrogen and oxygen atoms in total. The number of hydrogen-bond acceptors (Lipinski definition) is 4. The van der Waals surface area contributed by atoms with Crippen molar-refractivity contribution in [2.45, 2.75) is 13.1 Å². The maximum atomic E-state index is 13.1. The van der Waals surface area contributed by atoms with Gasteiger partial charge in [0.1, 0.15) is 11.5 Å². The summed E-state index contributed by atoms with van der Waals surface area (Å²) in [6.45, 7) is 1.83. The van der Waals surface area contributed by atoms with Crippen LogP contribution < -0.4 is 10.7 Å². The van der Waals surface area contributed by atoms with Crippen LogP contribution in [0.4, 0.5) is 5.69 Å². The number of halogens is 1. The molecule has 2 heterocycles. The third-order valence-corrected chi connectivity index (χ3v) is 4.76. The predicted molar refractivity (Wildman–Crippen MR) is 104 cm³/mol. The van der Waals surface area contributed by atoms with Crippen LogP contribution >= 0.6 is 15.9 Å². The number of rotatable bonds is 3. The van der Waals surface area contributed by atoms with E-state index in [4.69, 9.17) is 4.42 Å². The van der Waals surface area contributed by atoms with E-state index in [2.05, 4.69) is 26.7 Å². The number of benzene rings is 2. The van der Waals surface area contributed by atoms with E-state index < -0.39 is 6.17 Å². The molecule has 1 aliphatic heterocycles. The Morgan fingerprint density at radius 1 is 1.15 bits per heavy atom. The minimum absolute atomic E-state index is 0.326. The number of carbonyl (C=O) groups excluding carboxylic acids is 2. The lowest BCUT2D eigenvalue weighted by Crippen LogP contribution is -2.52. The number of hydrazine groups is 1. The van der Waals surface area contributed by atoms with Gasteiger partial charge in [-0.2, -0.15) is 0 Å². The van der Waals surface area contributed by atoms with E-state index in [0.717, 1.165) is 10.2 Å². The quantitative estimate of drug-likeness (QED) is 0.657. The molecule has 2 amide bonds. The van der Waals surface area contributed by atoms with Crippen LogP contribution in [-0.4, -0.2) is 16.8 Å². The Morgan fingerprint density at radius 2 is 1.93 bits per heavy atom. The molecular formula is C20H16BrN3O3. The second-order valence-corrected chi connectivity index (χ2v) is 7.08. The number of carbonyl (C=O) groups is 2. The van der Waals surface area contributed by atoms with Crippen LogP contribution in [0, 0.1) is 6.92 Å². The lowest BCUT2D eigenvalue weighted by molar-refractivity contribution is 0.0466. The van der Waals surface area contributed by atoms with Gasteiger partial charge in [-0.3, -0.25) is 15.0 Å². The standard InChI is InChI=1S/C20H16BrN3O3/c1-12-7-10-17(27-12)18-22-16-9-8-14(21)11-15(16)20(26)24(18)23-19(25)13-5-3-2-4-6-13/h2-11,18,22H,1H3,(H,23,25)/t18-/m0/s1. The van der Waals surface area contributed by atoms with Gasteiger partial charge < -0.3 is 9.73 Å². The summed E-state index contributed by atoms with van der Waals surface area (Å²) in [4.78, 5) is 25.8. The van der Waals surface area contributed by atoms with E-state index in [1.165, 1.54) is 5.01 Å². The van der Waals surface area contributed by atoms with Crippen LogP contribution in [0.2, 0.25) is 0 Å². The van der Waals surface area contributed by atoms with Gasteiger partial charge in [0, 0.05) is 15.7 Å². The molecule has 1 aliphatic rings. The monoisotopic (exact) mass is 425 g/mol. The molecule has 3 aromatic rings. The van der Waals surface area contributed by atoms with Gasteiger partial charge in [-0.05, 0) is 49.4 Å². The maximum Gasteiger partial charge on any atom is 0.276 e. The zero-order valence-corrected chi connectivity index (χ0v) is 16.0. The number of furan rings is 1. The Balaban J connectivity index is 1.72. The lowest BCUT2D eigenvalue weighted by atomic mass is 10.1. The molecule has 27 heavy (non-hydrogen) atoms. The molecule has 136 valence electrons. The Kier molecular flexibility index (Phi) is 4.45. The predicted octanol–water partition coefficient (Wildman–Crippen LogP) is 4.26. The summed E-state index contributed by atoms with van der Waals surface area (Å²) in [6.07, 6.45) is -0.660. The molecule has 0 saturated heterocycles. The van der Waals surface area contributed by atoms with E-state index in [-0.39, 0.29) is 11.8 Å². The number of nitrogens with zero attached hydrogens (tertiary/aromatic N) is 1. The SMILES string of the molecule is Cc1ccc([C@H]2Nc3ccc(Br)cc3C(=O)N2NC(=O)c2ccccc2)o1. The number of fused-ring (bicyclic) bond motifs is 1. The number of amides is 2. The van der Waals surface area contributed by atoms with Crippen LogP contribution in [0.5, 0.6) is 0 Å². The van der Waals surface area contributed by atoms with Crippen molar-refractivity contribution in [3.8, 4) is 0 Å². The Bertz CT molecular complexity index is 1020. The van der Waals surface area contributed by atoms with Crippen molar-refractivity contribution in [1.29, 1.82) is 0 Å². The highest BCUT2D eigenvalue weighted by Gasteiger charge is 2.36. The van der Waals surface area contributed by atoms with Crippen molar-refractivity contribution in [2.24, 2.45) is 0 Å². The number of hydrogen-bond donors (Lipinski definition) is 2. The first kappa shape index (κ1) is 17.4. The molecule has 2 N–H and O–H groups in total. The van der Waals surface area contributed by atoms with E-state index >= 15 is 0 Å². The summed E-state index contributed by atoms with van der Waals surface area (Å²) >= 11 is 3.38. The molecule has 1 aromatic heterocycles. The van der Waals surface area contributed by atoms with Crippen molar-refractivity contribution >= 4 is 33.4 Å². The van der Waals surface area contributed by atoms with Gasteiger partial charge in [0.2, 0.25) is 0 Å². The van der Waals surface area contributed by atoms with Crippen molar-refractivity contribution in [1.82, 2.24) is 10.4 Å². The highest BCUT2D eigenvalue weighted by molar-refractivity contribution is 9.10. The fourth-order valence-corrected chi connectivity index (χ4v) is 3.32. The summed E-state index contributed by atoms with van der Waals surface area (Å²) < 4.78 is 6.49. The third kappa shape index (κ3) is 3.33. The molecule has 0 fully saturated rings. The second-order valence-electron chi connectivity index (χ2n) is 6.17. The molecule has 0 radical (unpaired) electrons. The molecule has 4 rings (SSSR count). The van der Waals surface area contributed by atoms with Crippen LogP contribution in [0.1, 0.15) is 38.4 Å². The van der Waals surface area contributed by atoms with Crippen molar-refractivity contribution in [3.05, 3.63) is 87.8 Å². The Morgan fingerprint density at radius 3 is 2.63 bits per heavy atom. The minimum Gasteiger partial charge on any atom is -0.462 e. The topological polar surface area (TPSA) is 74.6 Å². The van der Waals surface area contributed by atoms with E-state index in [9.17, 15) is 9.59 Å². The van der Waals surface area contributed by atoms with Gasteiger partial charge in [-0.15, -0.1) is 0 Å². The average molecular weight is 426 g/mol. The molecule has 1 atom stereocenters. The van der Waals surface area contributed by atoms with Crippen molar-refractivity contribution in [3.63, 3.8) is 0 Å². The first-order valence-electron chi connectivity index (χ1n) is 8.35. The lowest BCUT2D eigenvalue weighted by Gasteiger charge is -2.36. The molecule has 0 saturated carbocycles. The molecule has 0 unspecified atom stereocenters. The van der Waals surface area contributed by atoms with Crippen LogP contribution in [0.25, 0.3) is 0 Å². The summed E-state index contributed by atoms with van der Waals surface area (Å²) in [5.74, 6) is 0.545. The summed E-state index contributed by atoms with van der Waals surface area (Å²) in [6, 6.07) is 17.7. The molecule has 0 bridgehead atoms. The molecule has 0 aliphatic carbocycles. The fourth-order valence-electron chi connectivity index (χ4n) is 2.96. The summed E-state index contributed by atoms with van der Waals surface area (Å²) in [5.41, 5.74) is 4.30. The average Bonchev–Trinajstić information content (AvgIpc) is 3.11. The van der Waals surface area contributed by atoms with E-state index in [0.29, 0.717) is 22.6 Å². The van der Waals surface area contributed by atoms with Crippen molar-refractivity contribution < 1.29 is 14.0 Å². The zero-order valence-electron chi connectivity index (χ0n) is 14.4. The van der Waals surface area contributed by atoms with Crippen LogP contribution in [0.3, 0.4) is 0 Å².